The van der Waals surface area contributed by atoms with Crippen LogP contribution < -0.4 is 0 Å². The van der Waals surface area contributed by atoms with Gasteiger partial charge in [-0.2, -0.15) is 0 Å². The molecule has 4 rings (SSSR count). The summed E-state index contributed by atoms with van der Waals surface area (Å²) in [6.07, 6.45) is 9.68. The molecule has 0 aromatic heterocycles. The minimum atomic E-state index is -0.653. The monoisotopic (exact) mass is 385 g/mol. The Labute approximate surface area is 172 Å². The van der Waals surface area contributed by atoms with Crippen LogP contribution in [-0.4, -0.2) is 41.8 Å². The number of carbonyl (C=O) groups excluding carboxylic acids is 1. The van der Waals surface area contributed by atoms with Gasteiger partial charge in [0.15, 0.2) is 0 Å². The fourth-order valence-corrected chi connectivity index (χ4v) is 9.12. The molecule has 156 valence electrons. The Morgan fingerprint density at radius 2 is 1.96 bits per heavy atom. The van der Waals surface area contributed by atoms with Crippen LogP contribution in [0.1, 0.15) is 79.6 Å². The van der Waals surface area contributed by atoms with E-state index >= 15 is 0 Å². The molecule has 0 radical (unpaired) electrons. The molecule has 0 aromatic carbocycles. The molecule has 4 unspecified atom stereocenters. The number of piperidine rings is 1. The Hall–Kier alpha value is -0.765. The van der Waals surface area contributed by atoms with Crippen LogP contribution in [0.5, 0.6) is 0 Å². The summed E-state index contributed by atoms with van der Waals surface area (Å²) < 4.78 is 0. The standard InChI is InChI=1S/C24H40BNO2/c1-6-15(3)17-9-10-18-16-8-11-19-22(4,13-12-20(27)26(19)7-2)21(16)24(25,28)14-23(17,18)5/h6,16-19,21,28H,7-14,25H2,1-5H3/b15-6-/t16?,17-,18?,19?,21?,22+,23-,24+/m1/s1. The Morgan fingerprint density at radius 3 is 2.61 bits per heavy atom. The molecule has 1 N–H and O–H groups in total. The number of amides is 1. The highest BCUT2D eigenvalue weighted by Crippen LogP contribution is 2.68. The lowest BCUT2D eigenvalue weighted by molar-refractivity contribution is -0.196. The van der Waals surface area contributed by atoms with Gasteiger partial charge < -0.3 is 10.0 Å². The first-order chi connectivity index (χ1) is 13.1. The van der Waals surface area contributed by atoms with Gasteiger partial charge in [-0.1, -0.05) is 25.5 Å². The number of hydrogen-bond donors (Lipinski definition) is 1. The molecule has 1 aliphatic heterocycles. The molecule has 0 bridgehead atoms. The van der Waals surface area contributed by atoms with Crippen LogP contribution >= 0.6 is 0 Å². The first-order valence-corrected chi connectivity index (χ1v) is 11.7. The minimum absolute atomic E-state index is 0.0470. The topological polar surface area (TPSA) is 40.5 Å². The van der Waals surface area contributed by atoms with Crippen molar-refractivity contribution in [2.75, 3.05) is 6.54 Å². The van der Waals surface area contributed by atoms with Crippen molar-refractivity contribution >= 4 is 13.8 Å². The number of likely N-dealkylation sites (tertiary alicyclic amines) is 1. The van der Waals surface area contributed by atoms with Gasteiger partial charge in [0.2, 0.25) is 5.91 Å². The number of carbonyl (C=O) groups is 1. The second-order valence-corrected chi connectivity index (χ2v) is 11.2. The quantitative estimate of drug-likeness (QED) is 0.581. The van der Waals surface area contributed by atoms with Crippen molar-refractivity contribution in [1.82, 2.24) is 4.90 Å². The lowest BCUT2D eigenvalue weighted by Crippen LogP contribution is -2.69. The van der Waals surface area contributed by atoms with Gasteiger partial charge in [-0.25, -0.2) is 0 Å². The maximum atomic E-state index is 12.6. The highest BCUT2D eigenvalue weighted by molar-refractivity contribution is 6.14. The number of nitrogens with zero attached hydrogens (tertiary/aromatic N) is 1. The van der Waals surface area contributed by atoms with Gasteiger partial charge in [0.05, 0.1) is 0 Å². The Bertz CT molecular complexity index is 688. The van der Waals surface area contributed by atoms with Gasteiger partial charge >= 0.3 is 0 Å². The molecule has 1 saturated heterocycles. The van der Waals surface area contributed by atoms with E-state index in [0.29, 0.717) is 42.0 Å². The average molecular weight is 385 g/mol. The van der Waals surface area contributed by atoms with Gasteiger partial charge in [-0.3, -0.25) is 4.79 Å². The van der Waals surface area contributed by atoms with Crippen LogP contribution in [0.4, 0.5) is 0 Å². The normalized spacial score (nSPS) is 51.5. The molecule has 1 heterocycles. The largest absolute Gasteiger partial charge is 0.399 e. The summed E-state index contributed by atoms with van der Waals surface area (Å²) in [5, 5.41) is 12.0. The summed E-state index contributed by atoms with van der Waals surface area (Å²) >= 11 is 0. The number of fused-ring (bicyclic) bond motifs is 5. The van der Waals surface area contributed by atoms with E-state index in [1.807, 2.05) is 0 Å². The fraction of sp³-hybridized carbons (Fsp3) is 0.875. The molecule has 3 saturated carbocycles. The second kappa shape index (κ2) is 6.62. The zero-order valence-electron chi connectivity index (χ0n) is 18.9. The third-order valence-electron chi connectivity index (χ3n) is 9.93. The summed E-state index contributed by atoms with van der Waals surface area (Å²) in [6.45, 7) is 12.3. The van der Waals surface area contributed by atoms with Crippen LogP contribution in [0.2, 0.25) is 0 Å². The molecule has 0 spiro atoms. The van der Waals surface area contributed by atoms with Gasteiger partial charge in [0.25, 0.3) is 0 Å². The number of aliphatic hydroxyl groups is 1. The van der Waals surface area contributed by atoms with Crippen molar-refractivity contribution in [3.05, 3.63) is 11.6 Å². The van der Waals surface area contributed by atoms with Crippen LogP contribution in [0.15, 0.2) is 11.6 Å². The molecule has 28 heavy (non-hydrogen) atoms. The van der Waals surface area contributed by atoms with Gasteiger partial charge in [-0.15, -0.1) is 0 Å². The molecule has 1 amide bonds. The first-order valence-electron chi connectivity index (χ1n) is 11.7. The highest BCUT2D eigenvalue weighted by Gasteiger charge is 2.67. The SMILES string of the molecule is B[C@]1(O)C[C@@]2(C)C(CC[C@@H]2/C(C)=C\C)C2CCC3N(CC)C(=O)CC[C@]3(C)C21. The summed E-state index contributed by atoms with van der Waals surface area (Å²) in [5.74, 6) is 2.55. The minimum Gasteiger partial charge on any atom is -0.399 e. The van der Waals surface area contributed by atoms with E-state index in [-0.39, 0.29) is 10.8 Å². The zero-order chi connectivity index (χ0) is 20.5. The van der Waals surface area contributed by atoms with E-state index < -0.39 is 5.50 Å². The van der Waals surface area contributed by atoms with Crippen LogP contribution in [-0.2, 0) is 4.79 Å². The van der Waals surface area contributed by atoms with Crippen LogP contribution in [0, 0.1) is 34.5 Å². The van der Waals surface area contributed by atoms with Crippen molar-refractivity contribution < 1.29 is 9.90 Å². The van der Waals surface area contributed by atoms with Crippen molar-refractivity contribution in [2.45, 2.75) is 91.1 Å². The lowest BCUT2D eigenvalue weighted by Gasteiger charge is -2.66. The van der Waals surface area contributed by atoms with E-state index in [1.54, 1.807) is 0 Å². The molecule has 3 aliphatic carbocycles. The van der Waals surface area contributed by atoms with E-state index in [1.165, 1.54) is 24.8 Å². The molecule has 8 atom stereocenters. The van der Waals surface area contributed by atoms with Crippen LogP contribution in [0.25, 0.3) is 0 Å². The van der Waals surface area contributed by atoms with Crippen molar-refractivity contribution in [3.63, 3.8) is 0 Å². The molecular formula is C24H40BNO2. The van der Waals surface area contributed by atoms with Gasteiger partial charge in [-0.05, 0) is 93.8 Å². The van der Waals surface area contributed by atoms with Crippen molar-refractivity contribution in [3.8, 4) is 0 Å². The Balaban J connectivity index is 1.74. The molecule has 0 aromatic rings. The number of rotatable bonds is 2. The van der Waals surface area contributed by atoms with E-state index in [4.69, 9.17) is 0 Å². The molecule has 4 fully saturated rings. The van der Waals surface area contributed by atoms with E-state index in [2.05, 4.69) is 53.4 Å². The third kappa shape index (κ3) is 2.62. The molecule has 4 aliphatic rings. The summed E-state index contributed by atoms with van der Waals surface area (Å²) in [4.78, 5) is 14.7. The van der Waals surface area contributed by atoms with E-state index in [0.717, 1.165) is 25.8 Å². The van der Waals surface area contributed by atoms with Gasteiger partial charge in [0.1, 0.15) is 7.85 Å². The predicted molar refractivity (Wildman–Crippen MR) is 117 cm³/mol. The number of hydrogen-bond acceptors (Lipinski definition) is 2. The summed E-state index contributed by atoms with van der Waals surface area (Å²) in [6, 6.07) is 0.310. The zero-order valence-corrected chi connectivity index (χ0v) is 18.9. The first kappa shape index (κ1) is 20.5. The highest BCUT2D eigenvalue weighted by atomic mass is 16.3. The molecule has 4 heteroatoms. The Morgan fingerprint density at radius 1 is 1.25 bits per heavy atom. The predicted octanol–water partition coefficient (Wildman–Crippen LogP) is 3.75. The summed E-state index contributed by atoms with van der Waals surface area (Å²) in [5.41, 5.74) is 1.12. The van der Waals surface area contributed by atoms with Crippen molar-refractivity contribution in [1.29, 1.82) is 0 Å². The van der Waals surface area contributed by atoms with Crippen LogP contribution in [0.3, 0.4) is 0 Å². The van der Waals surface area contributed by atoms with Crippen molar-refractivity contribution in [2.24, 2.45) is 34.5 Å². The van der Waals surface area contributed by atoms with Gasteiger partial charge in [0, 0.05) is 24.5 Å². The number of allylic oxidation sites excluding steroid dienone is 2. The maximum absolute atomic E-state index is 12.6. The summed E-state index contributed by atoms with van der Waals surface area (Å²) in [7, 11) is 2.13. The Kier molecular flexibility index (Phi) is 4.85. The maximum Gasteiger partial charge on any atom is 0.222 e. The smallest absolute Gasteiger partial charge is 0.222 e. The fourth-order valence-electron chi connectivity index (χ4n) is 9.12. The third-order valence-corrected chi connectivity index (χ3v) is 9.93. The second-order valence-electron chi connectivity index (χ2n) is 11.2. The average Bonchev–Trinajstić information content (AvgIpc) is 2.96. The molecular weight excluding hydrogens is 345 g/mol. The molecule has 3 nitrogen and oxygen atoms in total. The lowest BCUT2D eigenvalue weighted by atomic mass is 9.39. The van der Waals surface area contributed by atoms with E-state index in [9.17, 15) is 9.90 Å².